The average Bonchev–Trinajstić information content (AvgIpc) is 3.32. The SMILES string of the molecule is CC(Nc1ncc(-c2ccc3c(c2)CC(=O)N3)s1)[C@@H](N)Cc1ccc(C(F)(F)F)cc1. The van der Waals surface area contributed by atoms with E-state index < -0.39 is 11.7 Å². The maximum Gasteiger partial charge on any atom is 0.416 e. The van der Waals surface area contributed by atoms with Crippen molar-refractivity contribution in [2.24, 2.45) is 5.73 Å². The van der Waals surface area contributed by atoms with Gasteiger partial charge in [0.05, 0.1) is 16.9 Å². The van der Waals surface area contributed by atoms with Crippen molar-refractivity contribution >= 4 is 28.1 Å². The number of fused-ring (bicyclic) bond motifs is 1. The van der Waals surface area contributed by atoms with Crippen molar-refractivity contribution in [1.29, 1.82) is 0 Å². The highest BCUT2D eigenvalue weighted by atomic mass is 32.1. The molecule has 2 heterocycles. The fourth-order valence-corrected chi connectivity index (χ4v) is 4.35. The summed E-state index contributed by atoms with van der Waals surface area (Å²) in [5, 5.41) is 6.81. The minimum atomic E-state index is -4.34. The molecule has 0 fully saturated rings. The normalized spacial score (nSPS) is 15.3. The van der Waals surface area contributed by atoms with Gasteiger partial charge in [0.2, 0.25) is 5.91 Å². The molecule has 3 aromatic rings. The Hall–Kier alpha value is -2.91. The van der Waals surface area contributed by atoms with E-state index in [9.17, 15) is 18.0 Å². The van der Waals surface area contributed by atoms with E-state index in [-0.39, 0.29) is 18.0 Å². The van der Waals surface area contributed by atoms with Gasteiger partial charge < -0.3 is 16.4 Å². The number of anilines is 2. The third kappa shape index (κ3) is 4.88. The highest BCUT2D eigenvalue weighted by Gasteiger charge is 2.30. The Bertz CT molecular complexity index is 1090. The summed E-state index contributed by atoms with van der Waals surface area (Å²) >= 11 is 1.48. The highest BCUT2D eigenvalue weighted by molar-refractivity contribution is 7.18. The maximum absolute atomic E-state index is 12.7. The summed E-state index contributed by atoms with van der Waals surface area (Å²) in [6.45, 7) is 1.92. The van der Waals surface area contributed by atoms with Crippen LogP contribution in [0.25, 0.3) is 10.4 Å². The summed E-state index contributed by atoms with van der Waals surface area (Å²) < 4.78 is 38.1. The number of benzene rings is 2. The Balaban J connectivity index is 1.38. The lowest BCUT2D eigenvalue weighted by molar-refractivity contribution is -0.137. The summed E-state index contributed by atoms with van der Waals surface area (Å²) in [5.74, 6) is -0.00494. The van der Waals surface area contributed by atoms with Crippen LogP contribution in [0.2, 0.25) is 0 Å². The molecule has 2 aromatic carbocycles. The molecule has 0 radical (unpaired) electrons. The van der Waals surface area contributed by atoms with Crippen LogP contribution in [0.3, 0.4) is 0 Å². The Morgan fingerprint density at radius 3 is 2.68 bits per heavy atom. The number of thiazole rings is 1. The van der Waals surface area contributed by atoms with E-state index in [1.54, 1.807) is 6.20 Å². The number of carbonyl (C=O) groups excluding carboxylic acids is 1. The third-order valence-corrected chi connectivity index (χ3v) is 6.24. The number of nitrogens with zero attached hydrogens (tertiary/aromatic N) is 1. The average molecular weight is 446 g/mol. The van der Waals surface area contributed by atoms with Crippen LogP contribution < -0.4 is 16.4 Å². The summed E-state index contributed by atoms with van der Waals surface area (Å²) in [6.07, 6.45) is -1.75. The van der Waals surface area contributed by atoms with Gasteiger partial charge in [-0.15, -0.1) is 0 Å². The first-order valence-corrected chi connectivity index (χ1v) is 10.6. The number of rotatable bonds is 6. The maximum atomic E-state index is 12.7. The second-order valence-electron chi connectivity index (χ2n) is 7.62. The number of carbonyl (C=O) groups is 1. The molecule has 0 saturated carbocycles. The Morgan fingerprint density at radius 2 is 1.97 bits per heavy atom. The molecule has 0 bridgehead atoms. The molecule has 1 aliphatic rings. The number of alkyl halides is 3. The van der Waals surface area contributed by atoms with E-state index in [0.29, 0.717) is 18.0 Å². The number of hydrogen-bond acceptors (Lipinski definition) is 5. The van der Waals surface area contributed by atoms with Crippen molar-refractivity contribution in [2.75, 3.05) is 10.6 Å². The molecule has 2 atom stereocenters. The summed E-state index contributed by atoms with van der Waals surface area (Å²) in [4.78, 5) is 16.9. The molecule has 1 aliphatic heterocycles. The first-order chi connectivity index (χ1) is 14.7. The first kappa shape index (κ1) is 21.3. The Kier molecular flexibility index (Phi) is 5.72. The van der Waals surface area contributed by atoms with Crippen LogP contribution >= 0.6 is 11.3 Å². The minimum Gasteiger partial charge on any atom is -0.357 e. The molecule has 1 unspecified atom stereocenters. The van der Waals surface area contributed by atoms with E-state index in [0.717, 1.165) is 39.4 Å². The fraction of sp³-hybridized carbons (Fsp3) is 0.273. The molecule has 9 heteroatoms. The zero-order valence-corrected chi connectivity index (χ0v) is 17.5. The van der Waals surface area contributed by atoms with E-state index in [2.05, 4.69) is 15.6 Å². The molecule has 0 saturated heterocycles. The molecule has 5 nitrogen and oxygen atoms in total. The van der Waals surface area contributed by atoms with Crippen molar-refractivity contribution in [2.45, 2.75) is 38.0 Å². The molecular formula is C22H21F3N4OS. The van der Waals surface area contributed by atoms with Gasteiger partial charge in [-0.2, -0.15) is 13.2 Å². The number of aromatic nitrogens is 1. The third-order valence-electron chi connectivity index (χ3n) is 5.27. The number of nitrogens with two attached hydrogens (primary N) is 1. The first-order valence-electron chi connectivity index (χ1n) is 9.76. The van der Waals surface area contributed by atoms with E-state index >= 15 is 0 Å². The van der Waals surface area contributed by atoms with Gasteiger partial charge in [0, 0.05) is 24.0 Å². The second kappa shape index (κ2) is 8.32. The predicted octanol–water partition coefficient (Wildman–Crippen LogP) is 4.69. The molecule has 0 aliphatic carbocycles. The number of nitrogens with one attached hydrogen (secondary N) is 2. The van der Waals surface area contributed by atoms with Crippen LogP contribution in [0.15, 0.2) is 48.7 Å². The molecule has 1 amide bonds. The predicted molar refractivity (Wildman–Crippen MR) is 116 cm³/mol. The lowest BCUT2D eigenvalue weighted by Crippen LogP contribution is -2.39. The summed E-state index contributed by atoms with van der Waals surface area (Å²) in [5.41, 5.74) is 9.15. The van der Waals surface area contributed by atoms with Crippen LogP contribution in [-0.2, 0) is 23.8 Å². The fourth-order valence-electron chi connectivity index (χ4n) is 3.44. The lowest BCUT2D eigenvalue weighted by atomic mass is 10.0. The smallest absolute Gasteiger partial charge is 0.357 e. The van der Waals surface area contributed by atoms with Gasteiger partial charge in [-0.25, -0.2) is 4.98 Å². The van der Waals surface area contributed by atoms with Gasteiger partial charge in [-0.05, 0) is 54.3 Å². The summed E-state index contributed by atoms with van der Waals surface area (Å²) in [7, 11) is 0. The molecule has 4 rings (SSSR count). The lowest BCUT2D eigenvalue weighted by Gasteiger charge is -2.21. The molecule has 4 N–H and O–H groups in total. The largest absolute Gasteiger partial charge is 0.416 e. The van der Waals surface area contributed by atoms with Gasteiger partial charge in [-0.3, -0.25) is 4.79 Å². The zero-order valence-electron chi connectivity index (χ0n) is 16.7. The molecule has 1 aromatic heterocycles. The van der Waals surface area contributed by atoms with Crippen molar-refractivity contribution < 1.29 is 18.0 Å². The second-order valence-corrected chi connectivity index (χ2v) is 8.65. The topological polar surface area (TPSA) is 80.0 Å². The number of halogens is 3. The molecule has 162 valence electrons. The van der Waals surface area contributed by atoms with E-state index in [4.69, 9.17) is 5.73 Å². The number of amides is 1. The molecular weight excluding hydrogens is 425 g/mol. The number of hydrogen-bond donors (Lipinski definition) is 3. The van der Waals surface area contributed by atoms with E-state index in [1.807, 2.05) is 25.1 Å². The van der Waals surface area contributed by atoms with Crippen LogP contribution in [0, 0.1) is 0 Å². The van der Waals surface area contributed by atoms with Crippen LogP contribution in [0.4, 0.5) is 24.0 Å². The highest BCUT2D eigenvalue weighted by Crippen LogP contribution is 2.34. The van der Waals surface area contributed by atoms with Crippen LogP contribution in [-0.4, -0.2) is 23.0 Å². The Morgan fingerprint density at radius 1 is 1.23 bits per heavy atom. The molecule has 0 spiro atoms. The standard InChI is InChI=1S/C22H21F3N4OS/c1-12(17(26)8-13-2-5-16(6-3-13)22(23,24)25)28-21-27-11-19(31-21)14-4-7-18-15(9-14)10-20(30)29-18/h2-7,9,11-12,17H,8,10,26H2,1H3,(H,27,28)(H,29,30)/t12?,17-/m0/s1. The van der Waals surface area contributed by atoms with Crippen molar-refractivity contribution in [3.05, 3.63) is 65.4 Å². The van der Waals surface area contributed by atoms with Crippen molar-refractivity contribution in [1.82, 2.24) is 4.98 Å². The quantitative estimate of drug-likeness (QED) is 0.513. The van der Waals surface area contributed by atoms with E-state index in [1.165, 1.54) is 23.5 Å². The monoisotopic (exact) mass is 446 g/mol. The summed E-state index contributed by atoms with van der Waals surface area (Å²) in [6, 6.07) is 10.5. The van der Waals surface area contributed by atoms with Gasteiger partial charge in [0.1, 0.15) is 0 Å². The van der Waals surface area contributed by atoms with Gasteiger partial charge in [-0.1, -0.05) is 29.5 Å². The van der Waals surface area contributed by atoms with Gasteiger partial charge in [0.15, 0.2) is 5.13 Å². The van der Waals surface area contributed by atoms with Crippen LogP contribution in [0.1, 0.15) is 23.6 Å². The Labute approximate surface area is 181 Å². The van der Waals surface area contributed by atoms with Crippen molar-refractivity contribution in [3.8, 4) is 10.4 Å². The van der Waals surface area contributed by atoms with Gasteiger partial charge >= 0.3 is 6.18 Å². The zero-order chi connectivity index (χ0) is 22.2. The minimum absolute atomic E-state index is 0.00494. The van der Waals surface area contributed by atoms with Crippen molar-refractivity contribution in [3.63, 3.8) is 0 Å². The van der Waals surface area contributed by atoms with Crippen LogP contribution in [0.5, 0.6) is 0 Å². The van der Waals surface area contributed by atoms with Gasteiger partial charge in [0.25, 0.3) is 0 Å². The molecule has 31 heavy (non-hydrogen) atoms.